The maximum atomic E-state index is 5.98. The van der Waals surface area contributed by atoms with E-state index in [0.29, 0.717) is 0 Å². The average molecular weight is 389 g/mol. The lowest BCUT2D eigenvalue weighted by Crippen LogP contribution is -2.31. The monoisotopic (exact) mass is 388 g/mol. The molecule has 1 aliphatic rings. The topological polar surface area (TPSA) is 17.0 Å². The molecule has 0 saturated carbocycles. The third-order valence-electron chi connectivity index (χ3n) is 5.34. The van der Waals surface area contributed by atoms with E-state index in [1.807, 2.05) is 0 Å². The summed E-state index contributed by atoms with van der Waals surface area (Å²) in [7, 11) is 0. The third-order valence-corrected chi connectivity index (χ3v) is 6.89. The maximum Gasteiger partial charge on any atom is 0.131 e. The van der Waals surface area contributed by atoms with E-state index in [4.69, 9.17) is 12.2 Å². The van der Waals surface area contributed by atoms with Gasteiger partial charge in [0.1, 0.15) is 9.64 Å². The zero-order valence-corrected chi connectivity index (χ0v) is 17.2. The fourth-order valence-corrected chi connectivity index (χ4v) is 5.70. The minimum absolute atomic E-state index is 0.126. The molecular formula is C23H20N2S2. The highest BCUT2D eigenvalue weighted by Gasteiger charge is 2.33. The van der Waals surface area contributed by atoms with Crippen molar-refractivity contribution in [2.24, 2.45) is 0 Å². The van der Waals surface area contributed by atoms with Crippen LogP contribution in [0.25, 0.3) is 27.6 Å². The van der Waals surface area contributed by atoms with Gasteiger partial charge < -0.3 is 5.32 Å². The van der Waals surface area contributed by atoms with Crippen molar-refractivity contribution in [2.75, 3.05) is 5.32 Å². The molecule has 1 aliphatic heterocycles. The fourth-order valence-electron chi connectivity index (χ4n) is 4.00. The van der Waals surface area contributed by atoms with Gasteiger partial charge in [0, 0.05) is 5.39 Å². The van der Waals surface area contributed by atoms with Crippen LogP contribution in [-0.2, 0) is 5.54 Å². The van der Waals surface area contributed by atoms with Crippen LogP contribution in [-0.4, -0.2) is 3.96 Å². The molecule has 134 valence electrons. The van der Waals surface area contributed by atoms with Gasteiger partial charge in [-0.05, 0) is 54.9 Å². The van der Waals surface area contributed by atoms with Crippen molar-refractivity contribution < 1.29 is 0 Å². The molecule has 0 amide bonds. The molecule has 2 heterocycles. The SMILES string of the molecule is Cc1ccc2c(c1)-c1c(sn(-c3cccc4ccccc34)c1=S)NC2(C)C. The molecule has 4 heteroatoms. The van der Waals surface area contributed by atoms with Crippen LogP contribution in [0.15, 0.2) is 60.7 Å². The number of fused-ring (bicyclic) bond motifs is 4. The Morgan fingerprint density at radius 2 is 1.78 bits per heavy atom. The average Bonchev–Trinajstić information content (AvgIpc) is 2.96. The largest absolute Gasteiger partial charge is 0.366 e. The Kier molecular flexibility index (Phi) is 3.58. The van der Waals surface area contributed by atoms with E-state index in [0.717, 1.165) is 20.9 Å². The van der Waals surface area contributed by atoms with E-state index in [1.54, 1.807) is 11.5 Å². The first-order valence-electron chi connectivity index (χ1n) is 9.10. The summed E-state index contributed by atoms with van der Waals surface area (Å²) in [5.41, 5.74) is 5.99. The van der Waals surface area contributed by atoms with Gasteiger partial charge >= 0.3 is 0 Å². The van der Waals surface area contributed by atoms with E-state index in [-0.39, 0.29) is 5.54 Å². The van der Waals surface area contributed by atoms with Crippen LogP contribution in [0, 0.1) is 11.6 Å². The molecule has 4 aromatic rings. The van der Waals surface area contributed by atoms with Gasteiger partial charge in [0.05, 0.1) is 16.8 Å². The Labute approximate surface area is 168 Å². The number of rotatable bonds is 1. The summed E-state index contributed by atoms with van der Waals surface area (Å²) in [4.78, 5) is 0. The first-order valence-corrected chi connectivity index (χ1v) is 10.3. The van der Waals surface area contributed by atoms with Crippen LogP contribution < -0.4 is 5.32 Å². The number of nitrogens with one attached hydrogen (secondary N) is 1. The highest BCUT2D eigenvalue weighted by Crippen LogP contribution is 2.48. The van der Waals surface area contributed by atoms with Crippen LogP contribution in [0.1, 0.15) is 25.0 Å². The second-order valence-corrected chi connectivity index (χ2v) is 9.03. The number of aryl methyl sites for hydroxylation is 1. The quantitative estimate of drug-likeness (QED) is 0.352. The summed E-state index contributed by atoms with van der Waals surface area (Å²) in [6.07, 6.45) is 0. The van der Waals surface area contributed by atoms with Crippen molar-refractivity contribution in [3.8, 4) is 16.8 Å². The van der Waals surface area contributed by atoms with Crippen molar-refractivity contribution in [3.05, 3.63) is 76.4 Å². The van der Waals surface area contributed by atoms with Crippen LogP contribution in [0.2, 0.25) is 0 Å². The summed E-state index contributed by atoms with van der Waals surface area (Å²) in [6.45, 7) is 6.60. The van der Waals surface area contributed by atoms with Gasteiger partial charge in [0.15, 0.2) is 0 Å². The van der Waals surface area contributed by atoms with Gasteiger partial charge in [0.2, 0.25) is 0 Å². The van der Waals surface area contributed by atoms with Gasteiger partial charge in [-0.2, -0.15) is 0 Å². The van der Waals surface area contributed by atoms with E-state index in [9.17, 15) is 0 Å². The van der Waals surface area contributed by atoms with Crippen molar-refractivity contribution in [2.45, 2.75) is 26.3 Å². The molecule has 2 nitrogen and oxygen atoms in total. The molecule has 1 aromatic heterocycles. The fraction of sp³-hybridized carbons (Fsp3) is 0.174. The Morgan fingerprint density at radius 1 is 1.00 bits per heavy atom. The Hall–Kier alpha value is -2.43. The second kappa shape index (κ2) is 5.78. The summed E-state index contributed by atoms with van der Waals surface area (Å²) < 4.78 is 3.07. The van der Waals surface area contributed by atoms with E-state index >= 15 is 0 Å². The smallest absolute Gasteiger partial charge is 0.131 e. The van der Waals surface area contributed by atoms with Gasteiger partial charge in [-0.15, -0.1) is 0 Å². The van der Waals surface area contributed by atoms with Crippen molar-refractivity contribution >= 4 is 39.5 Å². The summed E-state index contributed by atoms with van der Waals surface area (Å²) in [5, 5.41) is 7.32. The molecule has 0 bridgehead atoms. The first kappa shape index (κ1) is 16.7. The van der Waals surface area contributed by atoms with Crippen molar-refractivity contribution in [3.63, 3.8) is 0 Å². The lowest BCUT2D eigenvalue weighted by Gasteiger charge is -2.34. The Bertz CT molecular complexity index is 1260. The number of hydrogen-bond acceptors (Lipinski definition) is 3. The number of aromatic nitrogens is 1. The van der Waals surface area contributed by atoms with Gasteiger partial charge in [-0.1, -0.05) is 72.4 Å². The molecule has 27 heavy (non-hydrogen) atoms. The normalized spacial score (nSPS) is 14.5. The van der Waals surface area contributed by atoms with E-state index in [2.05, 4.69) is 90.7 Å². The first-order chi connectivity index (χ1) is 13.0. The van der Waals surface area contributed by atoms with Crippen LogP contribution >= 0.6 is 23.8 Å². The van der Waals surface area contributed by atoms with Crippen LogP contribution in [0.4, 0.5) is 5.00 Å². The summed E-state index contributed by atoms with van der Waals surface area (Å²) in [6, 6.07) is 21.6. The molecule has 0 aliphatic carbocycles. The Balaban J connectivity index is 1.82. The van der Waals surface area contributed by atoms with Crippen LogP contribution in [0.3, 0.4) is 0 Å². The minimum Gasteiger partial charge on any atom is -0.366 e. The van der Waals surface area contributed by atoms with E-state index in [1.165, 1.54) is 27.5 Å². The lowest BCUT2D eigenvalue weighted by molar-refractivity contribution is 0.608. The van der Waals surface area contributed by atoms with Gasteiger partial charge in [-0.3, -0.25) is 3.96 Å². The minimum atomic E-state index is -0.126. The number of anilines is 1. The zero-order chi connectivity index (χ0) is 18.8. The van der Waals surface area contributed by atoms with Gasteiger partial charge in [-0.25, -0.2) is 0 Å². The highest BCUT2D eigenvalue weighted by atomic mass is 32.1. The molecule has 0 radical (unpaired) electrons. The molecule has 0 atom stereocenters. The molecule has 0 unspecified atom stereocenters. The molecule has 3 aromatic carbocycles. The number of nitrogens with zero attached hydrogens (tertiary/aromatic N) is 1. The van der Waals surface area contributed by atoms with Crippen LogP contribution in [0.5, 0.6) is 0 Å². The maximum absolute atomic E-state index is 5.98. The third kappa shape index (κ3) is 2.47. The van der Waals surface area contributed by atoms with Crippen molar-refractivity contribution in [1.82, 2.24) is 3.96 Å². The molecule has 1 N–H and O–H groups in total. The zero-order valence-electron chi connectivity index (χ0n) is 15.5. The molecular weight excluding hydrogens is 368 g/mol. The predicted molar refractivity (Wildman–Crippen MR) is 119 cm³/mol. The van der Waals surface area contributed by atoms with Gasteiger partial charge in [0.25, 0.3) is 0 Å². The lowest BCUT2D eigenvalue weighted by atomic mass is 9.84. The van der Waals surface area contributed by atoms with Crippen molar-refractivity contribution in [1.29, 1.82) is 0 Å². The standard InChI is InChI=1S/C23H20N2S2/c1-14-11-12-18-17(13-14)20-21(24-23(18,2)3)27-25(22(20)26)19-10-6-8-15-7-4-5-9-16(15)19/h4-13,24H,1-3H3. The summed E-state index contributed by atoms with van der Waals surface area (Å²) >= 11 is 7.69. The number of benzene rings is 3. The van der Waals surface area contributed by atoms with E-state index < -0.39 is 0 Å². The molecule has 0 fully saturated rings. The Morgan fingerprint density at radius 3 is 2.63 bits per heavy atom. The molecule has 0 spiro atoms. The second-order valence-electron chi connectivity index (χ2n) is 7.69. The highest BCUT2D eigenvalue weighted by molar-refractivity contribution is 7.71. The molecule has 0 saturated heterocycles. The number of hydrogen-bond donors (Lipinski definition) is 1. The summed E-state index contributed by atoms with van der Waals surface area (Å²) in [5.74, 6) is 0. The molecule has 5 rings (SSSR count). The predicted octanol–water partition coefficient (Wildman–Crippen LogP) is 7.06.